The van der Waals surface area contributed by atoms with Gasteiger partial charge in [0, 0.05) is 18.2 Å². The number of rotatable bonds is 3. The Morgan fingerprint density at radius 2 is 2.00 bits per heavy atom. The summed E-state index contributed by atoms with van der Waals surface area (Å²) in [6.45, 7) is 0.164. The van der Waals surface area contributed by atoms with Crippen LogP contribution in [0.1, 0.15) is 21.6 Å². The normalized spacial score (nSPS) is 9.57. The SMILES string of the molecule is O=C(NCc1ccc(C#CCO)cc1)c1ccc(=O)[nH]n1. The highest BCUT2D eigenvalue weighted by Gasteiger charge is 2.06. The number of aliphatic hydroxyl groups excluding tert-OH is 1. The van der Waals surface area contributed by atoms with Gasteiger partial charge in [0.1, 0.15) is 12.3 Å². The fourth-order valence-corrected chi connectivity index (χ4v) is 1.59. The number of benzene rings is 1. The first kappa shape index (κ1) is 14.5. The van der Waals surface area contributed by atoms with Crippen LogP contribution in [0, 0.1) is 11.8 Å². The molecule has 2 rings (SSSR count). The van der Waals surface area contributed by atoms with Gasteiger partial charge in [-0.15, -0.1) is 0 Å². The van der Waals surface area contributed by atoms with E-state index >= 15 is 0 Å². The molecule has 6 nitrogen and oxygen atoms in total. The maximum Gasteiger partial charge on any atom is 0.271 e. The number of hydrogen-bond donors (Lipinski definition) is 3. The van der Waals surface area contributed by atoms with Crippen LogP contribution in [0.5, 0.6) is 0 Å². The zero-order chi connectivity index (χ0) is 15.1. The number of H-pyrrole nitrogens is 1. The zero-order valence-corrected chi connectivity index (χ0v) is 11.1. The lowest BCUT2D eigenvalue weighted by molar-refractivity contribution is 0.0945. The lowest BCUT2D eigenvalue weighted by atomic mass is 10.1. The molecule has 3 N–H and O–H groups in total. The highest BCUT2D eigenvalue weighted by molar-refractivity contribution is 5.91. The largest absolute Gasteiger partial charge is 0.384 e. The number of aliphatic hydroxyl groups is 1. The average molecular weight is 283 g/mol. The molecular formula is C15H13N3O3. The molecule has 0 bridgehead atoms. The van der Waals surface area contributed by atoms with Crippen LogP contribution in [0.4, 0.5) is 0 Å². The maximum atomic E-state index is 11.8. The van der Waals surface area contributed by atoms with Crippen LogP contribution in [-0.2, 0) is 6.54 Å². The second-order valence-corrected chi connectivity index (χ2v) is 4.15. The summed E-state index contributed by atoms with van der Waals surface area (Å²) in [5, 5.41) is 17.2. The molecule has 0 atom stereocenters. The third-order valence-corrected chi connectivity index (χ3v) is 2.63. The van der Waals surface area contributed by atoms with Crippen LogP contribution in [0.15, 0.2) is 41.2 Å². The number of nitrogens with one attached hydrogen (secondary N) is 2. The van der Waals surface area contributed by atoms with E-state index in [1.165, 1.54) is 12.1 Å². The number of nitrogens with zero attached hydrogens (tertiary/aromatic N) is 1. The van der Waals surface area contributed by atoms with Crippen molar-refractivity contribution in [2.24, 2.45) is 0 Å². The van der Waals surface area contributed by atoms with Gasteiger partial charge in [-0.05, 0) is 23.8 Å². The molecule has 0 fully saturated rings. The molecule has 0 aliphatic carbocycles. The van der Waals surface area contributed by atoms with Crippen LogP contribution >= 0.6 is 0 Å². The predicted molar refractivity (Wildman–Crippen MR) is 76.4 cm³/mol. The molecular weight excluding hydrogens is 270 g/mol. The van der Waals surface area contributed by atoms with Crippen molar-refractivity contribution < 1.29 is 9.90 Å². The monoisotopic (exact) mass is 283 g/mol. The second kappa shape index (κ2) is 7.03. The number of amides is 1. The Morgan fingerprint density at radius 1 is 1.24 bits per heavy atom. The van der Waals surface area contributed by atoms with E-state index in [0.717, 1.165) is 11.1 Å². The van der Waals surface area contributed by atoms with E-state index in [1.807, 2.05) is 24.3 Å². The predicted octanol–water partition coefficient (Wildman–Crippen LogP) is 0.0437. The molecule has 106 valence electrons. The molecule has 0 unspecified atom stereocenters. The number of carbonyl (C=O) groups excluding carboxylic acids is 1. The van der Waals surface area contributed by atoms with Gasteiger partial charge in [-0.1, -0.05) is 24.0 Å². The summed E-state index contributed by atoms with van der Waals surface area (Å²) >= 11 is 0. The summed E-state index contributed by atoms with van der Waals surface area (Å²) < 4.78 is 0. The summed E-state index contributed by atoms with van der Waals surface area (Å²) in [6.07, 6.45) is 0. The Balaban J connectivity index is 1.95. The van der Waals surface area contributed by atoms with Gasteiger partial charge in [-0.25, -0.2) is 5.10 Å². The molecule has 21 heavy (non-hydrogen) atoms. The summed E-state index contributed by atoms with van der Waals surface area (Å²) in [5.41, 5.74) is 1.50. The number of aromatic amines is 1. The first-order chi connectivity index (χ1) is 10.2. The third-order valence-electron chi connectivity index (χ3n) is 2.63. The molecule has 0 saturated heterocycles. The van der Waals surface area contributed by atoms with Gasteiger partial charge in [0.15, 0.2) is 0 Å². The first-order valence-corrected chi connectivity index (χ1v) is 6.21. The lowest BCUT2D eigenvalue weighted by Crippen LogP contribution is -2.25. The van der Waals surface area contributed by atoms with Gasteiger partial charge in [0.05, 0.1) is 0 Å². The molecule has 1 aromatic carbocycles. The van der Waals surface area contributed by atoms with Crippen molar-refractivity contribution in [2.45, 2.75) is 6.54 Å². The molecule has 0 aliphatic rings. The van der Waals surface area contributed by atoms with E-state index in [0.29, 0.717) is 6.54 Å². The van der Waals surface area contributed by atoms with Crippen molar-refractivity contribution in [3.63, 3.8) is 0 Å². The third kappa shape index (κ3) is 4.30. The van der Waals surface area contributed by atoms with Crippen LogP contribution in [0.3, 0.4) is 0 Å². The van der Waals surface area contributed by atoms with Gasteiger partial charge < -0.3 is 10.4 Å². The summed E-state index contributed by atoms with van der Waals surface area (Å²) in [7, 11) is 0. The van der Waals surface area contributed by atoms with Crippen molar-refractivity contribution in [3.05, 3.63) is 63.6 Å². The van der Waals surface area contributed by atoms with Gasteiger partial charge in [0.2, 0.25) is 0 Å². The van der Waals surface area contributed by atoms with E-state index in [4.69, 9.17) is 5.11 Å². The summed E-state index contributed by atoms with van der Waals surface area (Å²) in [4.78, 5) is 22.6. The topological polar surface area (TPSA) is 95.1 Å². The average Bonchev–Trinajstić information content (AvgIpc) is 2.52. The molecule has 0 aliphatic heterocycles. The van der Waals surface area contributed by atoms with Crippen LogP contribution < -0.4 is 10.9 Å². The molecule has 2 aromatic rings. The Hall–Kier alpha value is -2.91. The molecule has 1 amide bonds. The highest BCUT2D eigenvalue weighted by Crippen LogP contribution is 2.03. The van der Waals surface area contributed by atoms with Gasteiger partial charge in [-0.2, -0.15) is 5.10 Å². The Kier molecular flexibility index (Phi) is 4.85. The molecule has 0 saturated carbocycles. The number of carbonyl (C=O) groups is 1. The molecule has 0 radical (unpaired) electrons. The number of hydrogen-bond acceptors (Lipinski definition) is 4. The maximum absolute atomic E-state index is 11.8. The minimum atomic E-state index is -0.365. The van der Waals surface area contributed by atoms with E-state index < -0.39 is 0 Å². The standard InChI is InChI=1S/C15H13N3O3/c19-9-1-2-11-3-5-12(6-4-11)10-16-15(21)13-7-8-14(20)18-17-13/h3-8,19H,9-10H2,(H,16,21)(H,18,20). The molecule has 0 spiro atoms. The van der Waals surface area contributed by atoms with Crippen molar-refractivity contribution >= 4 is 5.91 Å². The van der Waals surface area contributed by atoms with Crippen LogP contribution in [0.25, 0.3) is 0 Å². The smallest absolute Gasteiger partial charge is 0.271 e. The second-order valence-electron chi connectivity index (χ2n) is 4.15. The van der Waals surface area contributed by atoms with E-state index in [1.54, 1.807) is 0 Å². The number of aromatic nitrogens is 2. The van der Waals surface area contributed by atoms with E-state index in [2.05, 4.69) is 27.4 Å². The lowest BCUT2D eigenvalue weighted by Gasteiger charge is -2.04. The molecule has 1 heterocycles. The van der Waals surface area contributed by atoms with Crippen molar-refractivity contribution in [2.75, 3.05) is 6.61 Å². The van der Waals surface area contributed by atoms with E-state index in [-0.39, 0.29) is 23.8 Å². The fraction of sp³-hybridized carbons (Fsp3) is 0.133. The van der Waals surface area contributed by atoms with E-state index in [9.17, 15) is 9.59 Å². The fourth-order valence-electron chi connectivity index (χ4n) is 1.59. The Morgan fingerprint density at radius 3 is 2.62 bits per heavy atom. The summed E-state index contributed by atoms with van der Waals surface area (Å²) in [6, 6.07) is 9.90. The molecule has 6 heteroatoms. The van der Waals surface area contributed by atoms with Gasteiger partial charge in [-0.3, -0.25) is 9.59 Å². The summed E-state index contributed by atoms with van der Waals surface area (Å²) in [5.74, 6) is 4.98. The molecule has 1 aromatic heterocycles. The zero-order valence-electron chi connectivity index (χ0n) is 11.1. The van der Waals surface area contributed by atoms with Crippen molar-refractivity contribution in [1.82, 2.24) is 15.5 Å². The minimum absolute atomic E-state index is 0.153. The highest BCUT2D eigenvalue weighted by atomic mass is 16.2. The quantitative estimate of drug-likeness (QED) is 0.693. The van der Waals surface area contributed by atoms with Crippen LogP contribution in [0.2, 0.25) is 0 Å². The van der Waals surface area contributed by atoms with Crippen molar-refractivity contribution in [3.8, 4) is 11.8 Å². The van der Waals surface area contributed by atoms with Gasteiger partial charge >= 0.3 is 0 Å². The van der Waals surface area contributed by atoms with Gasteiger partial charge in [0.25, 0.3) is 11.5 Å². The first-order valence-electron chi connectivity index (χ1n) is 6.21. The Bertz CT molecular complexity index is 719. The van der Waals surface area contributed by atoms with Crippen LogP contribution in [-0.4, -0.2) is 27.8 Å². The van der Waals surface area contributed by atoms with Crippen molar-refractivity contribution in [1.29, 1.82) is 0 Å². The minimum Gasteiger partial charge on any atom is -0.384 e. The Labute approximate surface area is 120 Å².